The van der Waals surface area contributed by atoms with Gasteiger partial charge in [-0.05, 0) is 73.4 Å². The molecule has 0 unspecified atom stereocenters. The van der Waals surface area contributed by atoms with Crippen LogP contribution >= 0.6 is 0 Å². The predicted octanol–water partition coefficient (Wildman–Crippen LogP) is 5.07. The molecule has 0 bridgehead atoms. The minimum absolute atomic E-state index is 0.241. The summed E-state index contributed by atoms with van der Waals surface area (Å²) < 4.78 is 21.0. The van der Waals surface area contributed by atoms with Crippen molar-refractivity contribution in [1.29, 1.82) is 0 Å². The number of ether oxygens (including phenoxy) is 1. The molecule has 5 rings (SSSR count). The van der Waals surface area contributed by atoms with E-state index in [9.17, 15) is 4.39 Å². The number of aryl methyl sites for hydroxylation is 1. The van der Waals surface area contributed by atoms with Crippen molar-refractivity contribution in [3.05, 3.63) is 89.4 Å². The summed E-state index contributed by atoms with van der Waals surface area (Å²) in [5, 5.41) is 4.29. The van der Waals surface area contributed by atoms with Crippen molar-refractivity contribution < 1.29 is 9.13 Å². The highest BCUT2D eigenvalue weighted by Crippen LogP contribution is 2.32. The third-order valence-corrected chi connectivity index (χ3v) is 6.04. The molecule has 6 nitrogen and oxygen atoms in total. The van der Waals surface area contributed by atoms with E-state index in [2.05, 4.69) is 27.1 Å². The first-order valence-corrected chi connectivity index (χ1v) is 11.0. The van der Waals surface area contributed by atoms with Crippen LogP contribution in [0, 0.1) is 12.7 Å². The van der Waals surface area contributed by atoms with E-state index in [4.69, 9.17) is 9.73 Å². The number of piperidine rings is 1. The smallest absolute Gasteiger partial charge is 0.150 e. The van der Waals surface area contributed by atoms with Crippen molar-refractivity contribution in [1.82, 2.24) is 19.6 Å². The first-order valence-electron chi connectivity index (χ1n) is 11.0. The number of nitrogens with zero attached hydrogens (tertiary/aromatic N) is 5. The molecule has 33 heavy (non-hydrogen) atoms. The van der Waals surface area contributed by atoms with Crippen LogP contribution in [0.5, 0.6) is 5.75 Å². The van der Waals surface area contributed by atoms with E-state index in [1.54, 1.807) is 25.6 Å². The lowest BCUT2D eigenvalue weighted by atomic mass is 10.00. The molecule has 1 aromatic heterocycles. The summed E-state index contributed by atoms with van der Waals surface area (Å²) in [7, 11) is 3.71. The topological polar surface area (TPSA) is 45.9 Å². The Morgan fingerprint density at radius 2 is 1.94 bits per heavy atom. The monoisotopic (exact) mass is 443 g/mol. The Kier molecular flexibility index (Phi) is 5.46. The van der Waals surface area contributed by atoms with Gasteiger partial charge in [0.05, 0.1) is 36.7 Å². The normalized spacial score (nSPS) is 17.0. The first kappa shape index (κ1) is 21.0. The molecule has 168 valence electrons. The number of hydrogen-bond acceptors (Lipinski definition) is 5. The molecule has 1 fully saturated rings. The Bertz CT molecular complexity index is 1270. The zero-order chi connectivity index (χ0) is 22.9. The Hall–Kier alpha value is -3.87. The zero-order valence-electron chi connectivity index (χ0n) is 19.0. The van der Waals surface area contributed by atoms with Crippen LogP contribution in [0.25, 0.3) is 17.5 Å². The van der Waals surface area contributed by atoms with Gasteiger partial charge >= 0.3 is 0 Å². The number of hydrogen-bond donors (Lipinski definition) is 0. The Labute approximate surface area is 192 Å². The maximum Gasteiger partial charge on any atom is 0.150 e. The fourth-order valence-corrected chi connectivity index (χ4v) is 4.35. The average molecular weight is 444 g/mol. The van der Waals surface area contributed by atoms with E-state index in [0.717, 1.165) is 59.2 Å². The number of aromatic nitrogens is 2. The molecule has 7 heteroatoms. The van der Waals surface area contributed by atoms with Crippen molar-refractivity contribution in [3.8, 4) is 11.4 Å². The summed E-state index contributed by atoms with van der Waals surface area (Å²) in [4.78, 5) is 9.12. The largest absolute Gasteiger partial charge is 0.495 e. The second-order valence-corrected chi connectivity index (χ2v) is 8.25. The van der Waals surface area contributed by atoms with Crippen molar-refractivity contribution in [2.75, 3.05) is 20.7 Å². The highest BCUT2D eigenvalue weighted by Gasteiger charge is 2.28. The average Bonchev–Trinajstić information content (AvgIpc) is 3.26. The van der Waals surface area contributed by atoms with Crippen LogP contribution in [0.4, 0.5) is 4.39 Å². The quantitative estimate of drug-likeness (QED) is 0.565. The van der Waals surface area contributed by atoms with Crippen molar-refractivity contribution >= 4 is 17.6 Å². The molecule has 1 saturated heterocycles. The minimum Gasteiger partial charge on any atom is -0.495 e. The van der Waals surface area contributed by atoms with Crippen LogP contribution in [0.15, 0.2) is 71.8 Å². The molecule has 0 spiro atoms. The van der Waals surface area contributed by atoms with Gasteiger partial charge in [-0.2, -0.15) is 0 Å². The number of amidine groups is 1. The summed E-state index contributed by atoms with van der Waals surface area (Å²) in [6, 6.07) is 12.7. The number of methoxy groups -OCH3 is 1. The minimum atomic E-state index is -0.241. The van der Waals surface area contributed by atoms with Crippen LogP contribution in [0.1, 0.15) is 29.7 Å². The summed E-state index contributed by atoms with van der Waals surface area (Å²) in [6.07, 6.45) is 9.79. The molecule has 0 N–H and O–H groups in total. The first-order chi connectivity index (χ1) is 16.0. The molecule has 0 atom stereocenters. The van der Waals surface area contributed by atoms with Gasteiger partial charge in [0.25, 0.3) is 0 Å². The van der Waals surface area contributed by atoms with Crippen LogP contribution in [0.2, 0.25) is 0 Å². The Morgan fingerprint density at radius 1 is 1.12 bits per heavy atom. The predicted molar refractivity (Wildman–Crippen MR) is 128 cm³/mol. The van der Waals surface area contributed by atoms with Gasteiger partial charge in [0.15, 0.2) is 0 Å². The Morgan fingerprint density at radius 3 is 2.67 bits per heavy atom. The zero-order valence-corrected chi connectivity index (χ0v) is 19.0. The lowest BCUT2D eigenvalue weighted by molar-refractivity contribution is 0.139. The standard InChI is InChI=1S/C26H26FN5O/c1-18-16-31(17-29-18)23-11-6-19(14-25(23)33-3)13-21-5-4-12-32-26(21)28-15-24(30(32)2)20-7-9-22(27)10-8-20/h6-11,13-17H,4-5,12H2,1-3H3. The SMILES string of the molecule is COc1cc(C=C2CCCN3C2=NC=C(c2ccc(F)cc2)N3C)ccc1-n1cnc(C)c1. The van der Waals surface area contributed by atoms with Crippen molar-refractivity contribution in [2.45, 2.75) is 19.8 Å². The number of imidazole rings is 1. The van der Waals surface area contributed by atoms with Crippen LogP contribution < -0.4 is 4.74 Å². The van der Waals surface area contributed by atoms with Gasteiger partial charge in [0, 0.05) is 25.4 Å². The van der Waals surface area contributed by atoms with E-state index < -0.39 is 0 Å². The van der Waals surface area contributed by atoms with Gasteiger partial charge in [-0.25, -0.2) is 14.4 Å². The molecule has 3 aromatic rings. The molecule has 0 radical (unpaired) electrons. The fourth-order valence-electron chi connectivity index (χ4n) is 4.35. The maximum atomic E-state index is 13.4. The molecule has 3 heterocycles. The fraction of sp³-hybridized carbons (Fsp3) is 0.231. The van der Waals surface area contributed by atoms with E-state index in [1.807, 2.05) is 43.1 Å². The van der Waals surface area contributed by atoms with Gasteiger partial charge in [-0.1, -0.05) is 6.07 Å². The van der Waals surface area contributed by atoms with Crippen LogP contribution in [-0.2, 0) is 0 Å². The van der Waals surface area contributed by atoms with Crippen LogP contribution in [-0.4, -0.2) is 46.1 Å². The summed E-state index contributed by atoms with van der Waals surface area (Å²) >= 11 is 0. The highest BCUT2D eigenvalue weighted by atomic mass is 19.1. The number of halogens is 1. The molecular weight excluding hydrogens is 417 g/mol. The van der Waals surface area contributed by atoms with Gasteiger partial charge in [0.1, 0.15) is 17.4 Å². The lowest BCUT2D eigenvalue weighted by Crippen LogP contribution is -2.48. The van der Waals surface area contributed by atoms with Crippen molar-refractivity contribution in [3.63, 3.8) is 0 Å². The molecule has 2 aliphatic heterocycles. The van der Waals surface area contributed by atoms with E-state index >= 15 is 0 Å². The molecule has 2 aromatic carbocycles. The summed E-state index contributed by atoms with van der Waals surface area (Å²) in [5.74, 6) is 1.49. The van der Waals surface area contributed by atoms with Crippen LogP contribution in [0.3, 0.4) is 0 Å². The summed E-state index contributed by atoms with van der Waals surface area (Å²) in [6.45, 7) is 2.85. The number of hydrazine groups is 1. The summed E-state index contributed by atoms with van der Waals surface area (Å²) in [5.41, 5.74) is 6.03. The number of rotatable bonds is 4. The van der Waals surface area contributed by atoms with Gasteiger partial charge in [0.2, 0.25) is 0 Å². The van der Waals surface area contributed by atoms with Crippen molar-refractivity contribution in [2.24, 2.45) is 4.99 Å². The van der Waals surface area contributed by atoms with Gasteiger partial charge in [-0.15, -0.1) is 0 Å². The third kappa shape index (κ3) is 4.02. The number of fused-ring (bicyclic) bond motifs is 1. The molecule has 0 aliphatic carbocycles. The molecular formula is C26H26FN5O. The molecule has 0 amide bonds. The molecule has 0 saturated carbocycles. The highest BCUT2D eigenvalue weighted by molar-refractivity contribution is 6.04. The van der Waals surface area contributed by atoms with E-state index in [0.29, 0.717) is 0 Å². The van der Waals surface area contributed by atoms with Gasteiger partial charge < -0.3 is 9.30 Å². The third-order valence-electron chi connectivity index (χ3n) is 6.04. The van der Waals surface area contributed by atoms with E-state index in [-0.39, 0.29) is 5.82 Å². The number of benzene rings is 2. The molecule has 2 aliphatic rings. The second-order valence-electron chi connectivity index (χ2n) is 8.25. The Balaban J connectivity index is 1.48. The number of aliphatic imine (C=N–C) groups is 1. The maximum absolute atomic E-state index is 13.4. The second kappa shape index (κ2) is 8.58. The van der Waals surface area contributed by atoms with E-state index in [1.165, 1.54) is 17.7 Å². The van der Waals surface area contributed by atoms with Gasteiger partial charge in [-0.3, -0.25) is 10.0 Å². The lowest BCUT2D eigenvalue weighted by Gasteiger charge is -2.42.